The Balaban J connectivity index is 1.38. The maximum Gasteiger partial charge on any atom is 0.190 e. The molecule has 1 aromatic carbocycles. The van der Waals surface area contributed by atoms with Crippen molar-refractivity contribution in [3.05, 3.63) is 45.7 Å². The molecule has 2 fully saturated rings. The van der Waals surface area contributed by atoms with Gasteiger partial charge in [-0.2, -0.15) is 10.4 Å². The molecule has 1 N–H and O–H groups in total. The largest absolute Gasteiger partial charge is 0.395 e. The van der Waals surface area contributed by atoms with Gasteiger partial charge >= 0.3 is 0 Å². The summed E-state index contributed by atoms with van der Waals surface area (Å²) in [6, 6.07) is 7.26. The molecule has 0 radical (unpaired) electrons. The Morgan fingerprint density at radius 1 is 1.24 bits per heavy atom. The normalized spacial score (nSPS) is 20.3. The summed E-state index contributed by atoms with van der Waals surface area (Å²) >= 11 is 12.5. The molecule has 2 aliphatic rings. The van der Waals surface area contributed by atoms with E-state index in [0.29, 0.717) is 33.0 Å². The van der Waals surface area contributed by atoms with Crippen LogP contribution in [-0.4, -0.2) is 69.1 Å². The number of hydrogen-bond donors (Lipinski definition) is 1. The lowest BCUT2D eigenvalue weighted by molar-refractivity contribution is 0.101. The molecular weight excluding hydrogens is 473 g/mol. The zero-order chi connectivity index (χ0) is 23.8. The van der Waals surface area contributed by atoms with Crippen molar-refractivity contribution < 1.29 is 5.11 Å². The first-order valence-corrected chi connectivity index (χ1v) is 12.4. The molecule has 10 heteroatoms. The quantitative estimate of drug-likeness (QED) is 0.551. The number of aliphatic hydroxyl groups excluding tert-OH is 1. The van der Waals surface area contributed by atoms with Gasteiger partial charge in [-0.15, -0.1) is 0 Å². The van der Waals surface area contributed by atoms with Crippen LogP contribution >= 0.6 is 23.2 Å². The van der Waals surface area contributed by atoms with Gasteiger partial charge in [0.05, 0.1) is 18.8 Å². The number of benzene rings is 1. The summed E-state index contributed by atoms with van der Waals surface area (Å²) in [5.74, 6) is 2.06. The molecule has 4 heterocycles. The van der Waals surface area contributed by atoms with E-state index in [1.165, 1.54) is 12.8 Å². The van der Waals surface area contributed by atoms with Crippen LogP contribution in [0.4, 0.5) is 5.82 Å². The number of halogens is 2. The zero-order valence-corrected chi connectivity index (χ0v) is 20.5. The highest BCUT2D eigenvalue weighted by molar-refractivity contribution is 6.35. The fourth-order valence-electron chi connectivity index (χ4n) is 5.19. The fourth-order valence-corrected chi connectivity index (χ4v) is 5.75. The molecule has 0 saturated carbocycles. The smallest absolute Gasteiger partial charge is 0.190 e. The SMILES string of the molecule is C[C@@H](c1ccc(Cl)cc1Cl)n1nc(C#N)c2ncc(N3CC(C4CCCN(CCO)C4)C3)nc21. The van der Waals surface area contributed by atoms with Crippen LogP contribution in [0.5, 0.6) is 0 Å². The molecule has 34 heavy (non-hydrogen) atoms. The minimum Gasteiger partial charge on any atom is -0.395 e. The first-order chi connectivity index (χ1) is 16.5. The van der Waals surface area contributed by atoms with E-state index in [1.54, 1.807) is 23.0 Å². The van der Waals surface area contributed by atoms with Crippen molar-refractivity contribution in [2.24, 2.45) is 11.8 Å². The summed E-state index contributed by atoms with van der Waals surface area (Å²) in [6.07, 6.45) is 4.17. The van der Waals surface area contributed by atoms with E-state index in [4.69, 9.17) is 28.2 Å². The van der Waals surface area contributed by atoms with Crippen LogP contribution in [0.1, 0.15) is 37.1 Å². The number of piperidine rings is 1. The molecule has 2 aliphatic heterocycles. The Kier molecular flexibility index (Phi) is 6.63. The lowest BCUT2D eigenvalue weighted by atomic mass is 9.80. The number of rotatable bonds is 6. The second kappa shape index (κ2) is 9.67. The molecular formula is C24H27Cl2N7O. The lowest BCUT2D eigenvalue weighted by Crippen LogP contribution is -2.54. The summed E-state index contributed by atoms with van der Waals surface area (Å²) in [5.41, 5.74) is 2.16. The summed E-state index contributed by atoms with van der Waals surface area (Å²) in [6.45, 7) is 6.97. The Bertz CT molecular complexity index is 1230. The monoisotopic (exact) mass is 499 g/mol. The highest BCUT2D eigenvalue weighted by Gasteiger charge is 2.36. The molecule has 3 aromatic rings. The van der Waals surface area contributed by atoms with E-state index in [1.807, 2.05) is 13.0 Å². The van der Waals surface area contributed by atoms with Crippen LogP contribution in [-0.2, 0) is 0 Å². The van der Waals surface area contributed by atoms with Gasteiger partial charge in [-0.25, -0.2) is 14.6 Å². The molecule has 0 spiro atoms. The van der Waals surface area contributed by atoms with Gasteiger partial charge in [0.2, 0.25) is 0 Å². The summed E-state index contributed by atoms with van der Waals surface area (Å²) in [7, 11) is 0. The Labute approximate surface area is 208 Å². The van der Waals surface area contributed by atoms with Crippen LogP contribution in [0, 0.1) is 23.2 Å². The van der Waals surface area contributed by atoms with E-state index < -0.39 is 0 Å². The van der Waals surface area contributed by atoms with Crippen molar-refractivity contribution in [1.82, 2.24) is 24.6 Å². The van der Waals surface area contributed by atoms with Crippen molar-refractivity contribution in [1.29, 1.82) is 5.26 Å². The van der Waals surface area contributed by atoms with Crippen LogP contribution < -0.4 is 4.90 Å². The minimum atomic E-state index is -0.247. The number of β-amino-alcohol motifs (C(OH)–C–C–N with tert-alkyl or cyclic N) is 1. The molecule has 8 nitrogen and oxygen atoms in total. The number of aromatic nitrogens is 4. The van der Waals surface area contributed by atoms with E-state index in [0.717, 1.165) is 44.1 Å². The molecule has 2 aromatic heterocycles. The van der Waals surface area contributed by atoms with Crippen LogP contribution in [0.15, 0.2) is 24.4 Å². The Morgan fingerprint density at radius 3 is 2.79 bits per heavy atom. The molecule has 0 bridgehead atoms. The number of fused-ring (bicyclic) bond motifs is 1. The third-order valence-corrected chi connectivity index (χ3v) is 7.70. The van der Waals surface area contributed by atoms with E-state index >= 15 is 0 Å². The van der Waals surface area contributed by atoms with Gasteiger partial charge in [0.15, 0.2) is 11.3 Å². The molecule has 2 atom stereocenters. The maximum atomic E-state index is 9.60. The lowest BCUT2D eigenvalue weighted by Gasteiger charge is -2.47. The average molecular weight is 500 g/mol. The highest BCUT2D eigenvalue weighted by atomic mass is 35.5. The average Bonchev–Trinajstić information content (AvgIpc) is 3.16. The van der Waals surface area contributed by atoms with Crippen LogP contribution in [0.25, 0.3) is 11.2 Å². The highest BCUT2D eigenvalue weighted by Crippen LogP contribution is 2.35. The molecule has 0 amide bonds. The predicted octanol–water partition coefficient (Wildman–Crippen LogP) is 3.75. The second-order valence-electron chi connectivity index (χ2n) is 9.24. The van der Waals surface area contributed by atoms with E-state index in [2.05, 4.69) is 26.0 Å². The third kappa shape index (κ3) is 4.34. The number of aliphatic hydroxyl groups is 1. The Hall–Kier alpha value is -2.44. The van der Waals surface area contributed by atoms with Crippen molar-refractivity contribution >= 4 is 40.2 Å². The maximum absolute atomic E-state index is 9.60. The number of anilines is 1. The minimum absolute atomic E-state index is 0.219. The first-order valence-electron chi connectivity index (χ1n) is 11.7. The second-order valence-corrected chi connectivity index (χ2v) is 10.1. The van der Waals surface area contributed by atoms with Crippen molar-refractivity contribution in [3.8, 4) is 6.07 Å². The topological polar surface area (TPSA) is 94.1 Å². The van der Waals surface area contributed by atoms with Gasteiger partial charge in [0.25, 0.3) is 0 Å². The fraction of sp³-hybridized carbons (Fsp3) is 0.500. The van der Waals surface area contributed by atoms with E-state index in [9.17, 15) is 10.4 Å². The number of hydrogen-bond acceptors (Lipinski definition) is 7. The van der Waals surface area contributed by atoms with Gasteiger partial charge in [0.1, 0.15) is 17.4 Å². The number of nitrogens with zero attached hydrogens (tertiary/aromatic N) is 7. The molecule has 1 unspecified atom stereocenters. The van der Waals surface area contributed by atoms with Gasteiger partial charge in [0, 0.05) is 36.2 Å². The van der Waals surface area contributed by atoms with Crippen molar-refractivity contribution in [2.45, 2.75) is 25.8 Å². The van der Waals surface area contributed by atoms with Crippen LogP contribution in [0.2, 0.25) is 10.0 Å². The van der Waals surface area contributed by atoms with Gasteiger partial charge in [-0.1, -0.05) is 29.3 Å². The third-order valence-electron chi connectivity index (χ3n) is 7.13. The van der Waals surface area contributed by atoms with Gasteiger partial charge in [-0.3, -0.25) is 0 Å². The van der Waals surface area contributed by atoms with E-state index in [-0.39, 0.29) is 18.3 Å². The number of likely N-dealkylation sites (tertiary alicyclic amines) is 1. The summed E-state index contributed by atoms with van der Waals surface area (Å²) in [4.78, 5) is 14.1. The predicted molar refractivity (Wildman–Crippen MR) is 132 cm³/mol. The molecule has 178 valence electrons. The molecule has 5 rings (SSSR count). The molecule has 0 aliphatic carbocycles. The molecule has 2 saturated heterocycles. The van der Waals surface area contributed by atoms with Crippen molar-refractivity contribution in [2.75, 3.05) is 44.2 Å². The van der Waals surface area contributed by atoms with Gasteiger partial charge in [-0.05, 0) is 55.8 Å². The number of nitriles is 1. The first kappa shape index (κ1) is 23.3. The van der Waals surface area contributed by atoms with Crippen LogP contribution in [0.3, 0.4) is 0 Å². The standard InChI is InChI=1S/C24H27Cl2N7O/c1-15(19-5-4-18(25)9-20(19)26)33-24-23(21(10-27)30-33)28-11-22(29-24)32-13-17(14-32)16-3-2-6-31(12-16)7-8-34/h4-5,9,11,15-17,34H,2-3,6-8,12-14H2,1H3/t15-,16?/m0/s1. The summed E-state index contributed by atoms with van der Waals surface area (Å²) < 4.78 is 1.73. The zero-order valence-electron chi connectivity index (χ0n) is 19.0. The Morgan fingerprint density at radius 2 is 2.06 bits per heavy atom. The summed E-state index contributed by atoms with van der Waals surface area (Å²) in [5, 5.41) is 24.5. The van der Waals surface area contributed by atoms with Crippen molar-refractivity contribution in [3.63, 3.8) is 0 Å². The van der Waals surface area contributed by atoms with Gasteiger partial charge < -0.3 is 14.9 Å².